The third-order valence-electron chi connectivity index (χ3n) is 5.90. The fourth-order valence-corrected chi connectivity index (χ4v) is 4.09. The summed E-state index contributed by atoms with van der Waals surface area (Å²) < 4.78 is 0. The number of hydrogen-bond acceptors (Lipinski definition) is 3. The normalized spacial score (nSPS) is 20.1. The molecule has 0 amide bonds. The molecular weight excluding hydrogens is 358 g/mol. The highest BCUT2D eigenvalue weighted by Gasteiger charge is 2.36. The van der Waals surface area contributed by atoms with Crippen molar-refractivity contribution < 1.29 is 0 Å². The summed E-state index contributed by atoms with van der Waals surface area (Å²) in [6.45, 7) is 13.4. The van der Waals surface area contributed by atoms with Gasteiger partial charge in [-0.25, -0.2) is 0 Å². The van der Waals surface area contributed by atoms with E-state index in [2.05, 4.69) is 42.1 Å². The van der Waals surface area contributed by atoms with Gasteiger partial charge in [0.05, 0.1) is 11.5 Å². The third kappa shape index (κ3) is 4.72. The summed E-state index contributed by atoms with van der Waals surface area (Å²) in [4.78, 5) is 17.6. The summed E-state index contributed by atoms with van der Waals surface area (Å²) in [6.07, 6.45) is 6.99. The second-order valence-corrected chi connectivity index (χ2v) is 7.93. The molecule has 1 N–H and O–H groups in total. The van der Waals surface area contributed by atoms with Gasteiger partial charge in [0.1, 0.15) is 0 Å². The molecule has 1 aromatic heterocycles. The largest absolute Gasteiger partial charge is 0.374 e. The van der Waals surface area contributed by atoms with Crippen molar-refractivity contribution in [2.24, 2.45) is 5.92 Å². The van der Waals surface area contributed by atoms with Gasteiger partial charge >= 0.3 is 0 Å². The van der Waals surface area contributed by atoms with Crippen LogP contribution in [0.25, 0.3) is 10.9 Å². The Morgan fingerprint density at radius 2 is 1.97 bits per heavy atom. The maximum absolute atomic E-state index is 12.2. The molecule has 3 rings (SSSR count). The summed E-state index contributed by atoms with van der Waals surface area (Å²) >= 11 is 0. The van der Waals surface area contributed by atoms with Crippen molar-refractivity contribution in [1.82, 2.24) is 9.88 Å². The van der Waals surface area contributed by atoms with Gasteiger partial charge in [-0.1, -0.05) is 52.8 Å². The lowest BCUT2D eigenvalue weighted by Gasteiger charge is -2.34. The van der Waals surface area contributed by atoms with Crippen LogP contribution in [0.3, 0.4) is 0 Å². The number of benzene rings is 1. The lowest BCUT2D eigenvalue weighted by Crippen LogP contribution is -2.38. The Balaban J connectivity index is 0.00000145. The van der Waals surface area contributed by atoms with E-state index in [9.17, 15) is 10.1 Å². The molecule has 0 aliphatic carbocycles. The Kier molecular flexibility index (Phi) is 7.67. The van der Waals surface area contributed by atoms with Crippen molar-refractivity contribution in [3.05, 3.63) is 58.0 Å². The van der Waals surface area contributed by atoms with Crippen molar-refractivity contribution in [2.45, 2.75) is 72.3 Å². The maximum Gasteiger partial charge on any atom is 0.251 e. The Hall–Kier alpha value is -2.54. The van der Waals surface area contributed by atoms with Gasteiger partial charge in [-0.05, 0) is 61.4 Å². The van der Waals surface area contributed by atoms with Gasteiger partial charge < -0.3 is 9.88 Å². The molecule has 2 aromatic rings. The zero-order valence-electron chi connectivity index (χ0n) is 18.7. The van der Waals surface area contributed by atoms with Crippen LogP contribution in [-0.2, 0) is 11.8 Å². The molecule has 0 saturated carbocycles. The van der Waals surface area contributed by atoms with Gasteiger partial charge in [0.2, 0.25) is 0 Å². The average molecular weight is 394 g/mol. The number of aromatic nitrogens is 1. The van der Waals surface area contributed by atoms with Crippen LogP contribution in [0.5, 0.6) is 0 Å². The number of nitriles is 1. The summed E-state index contributed by atoms with van der Waals surface area (Å²) in [5, 5.41) is 11.1. The predicted octanol–water partition coefficient (Wildman–Crippen LogP) is 5.53. The Bertz CT molecular complexity index is 953. The fraction of sp³-hybridized carbons (Fsp3) is 0.520. The quantitative estimate of drug-likeness (QED) is 0.702. The molecule has 1 aromatic carbocycles. The molecule has 0 bridgehead atoms. The summed E-state index contributed by atoms with van der Waals surface area (Å²) in [5.74, 6) is 0.427. The number of nitrogens with zero attached hydrogens (tertiary/aromatic N) is 2. The molecule has 2 heterocycles. The van der Waals surface area contributed by atoms with E-state index in [-0.39, 0.29) is 5.56 Å². The second-order valence-electron chi connectivity index (χ2n) is 7.93. The molecular formula is C25H35N3O. The smallest absolute Gasteiger partial charge is 0.251 e. The molecule has 0 spiro atoms. The molecule has 0 radical (unpaired) electrons. The highest BCUT2D eigenvalue weighted by Crippen LogP contribution is 2.36. The van der Waals surface area contributed by atoms with Gasteiger partial charge in [0, 0.05) is 23.7 Å². The minimum Gasteiger partial charge on any atom is -0.374 e. The zero-order valence-corrected chi connectivity index (χ0v) is 18.7. The van der Waals surface area contributed by atoms with Gasteiger partial charge in [0.25, 0.3) is 5.56 Å². The minimum atomic E-state index is -0.606. The van der Waals surface area contributed by atoms with E-state index in [1.807, 2.05) is 52.0 Å². The number of H-pyrrole nitrogens is 1. The highest BCUT2D eigenvalue weighted by molar-refractivity contribution is 5.80. The first kappa shape index (κ1) is 22.7. The maximum atomic E-state index is 12.2. The summed E-state index contributed by atoms with van der Waals surface area (Å²) in [5.41, 5.74) is 1.92. The van der Waals surface area contributed by atoms with Crippen molar-refractivity contribution in [3.63, 3.8) is 0 Å². The number of rotatable bonds is 6. The van der Waals surface area contributed by atoms with Gasteiger partial charge in [-0.2, -0.15) is 5.26 Å². The number of aromatic amines is 1. The van der Waals surface area contributed by atoms with Gasteiger partial charge in [-0.3, -0.25) is 4.79 Å². The fourth-order valence-electron chi connectivity index (χ4n) is 4.09. The second kappa shape index (κ2) is 9.78. The van der Waals surface area contributed by atoms with Crippen LogP contribution in [0.15, 0.2) is 41.3 Å². The van der Waals surface area contributed by atoms with Crippen molar-refractivity contribution in [3.8, 4) is 6.07 Å². The Morgan fingerprint density at radius 3 is 2.59 bits per heavy atom. The predicted molar refractivity (Wildman–Crippen MR) is 122 cm³/mol. The molecule has 3 unspecified atom stereocenters. The first-order chi connectivity index (χ1) is 13.9. The van der Waals surface area contributed by atoms with E-state index in [1.54, 1.807) is 0 Å². The van der Waals surface area contributed by atoms with Crippen LogP contribution in [0.2, 0.25) is 0 Å². The number of nitrogens with one attached hydrogen (secondary N) is 1. The van der Waals surface area contributed by atoms with Crippen LogP contribution in [0, 0.1) is 17.2 Å². The zero-order chi connectivity index (χ0) is 21.6. The molecule has 4 heteroatoms. The van der Waals surface area contributed by atoms with E-state index >= 15 is 0 Å². The topological polar surface area (TPSA) is 59.9 Å². The SMILES string of the molecule is CC.CCCN1C=CC(C)C1CC(C)(C#N)c1ccc2cc(CC)c(=O)[nH]c2c1. The number of fused-ring (bicyclic) bond motifs is 1. The number of pyridine rings is 1. The lowest BCUT2D eigenvalue weighted by atomic mass is 9.76. The summed E-state index contributed by atoms with van der Waals surface area (Å²) in [7, 11) is 0. The van der Waals surface area contributed by atoms with E-state index in [0.717, 1.165) is 41.4 Å². The number of hydrogen-bond donors (Lipinski definition) is 1. The monoisotopic (exact) mass is 393 g/mol. The molecule has 3 atom stereocenters. The Morgan fingerprint density at radius 1 is 1.24 bits per heavy atom. The average Bonchev–Trinajstić information content (AvgIpc) is 3.07. The molecule has 4 nitrogen and oxygen atoms in total. The van der Waals surface area contributed by atoms with Crippen LogP contribution < -0.4 is 5.56 Å². The highest BCUT2D eigenvalue weighted by atomic mass is 16.1. The first-order valence-electron chi connectivity index (χ1n) is 10.9. The molecule has 29 heavy (non-hydrogen) atoms. The number of aryl methyl sites for hydroxylation is 1. The van der Waals surface area contributed by atoms with E-state index < -0.39 is 5.41 Å². The van der Waals surface area contributed by atoms with Gasteiger partial charge in [-0.15, -0.1) is 0 Å². The van der Waals surface area contributed by atoms with Crippen LogP contribution in [-0.4, -0.2) is 22.5 Å². The first-order valence-corrected chi connectivity index (χ1v) is 10.9. The lowest BCUT2D eigenvalue weighted by molar-refractivity contribution is 0.225. The molecule has 1 aliphatic rings. The third-order valence-corrected chi connectivity index (χ3v) is 5.90. The molecule has 156 valence electrons. The van der Waals surface area contributed by atoms with Crippen LogP contribution in [0.1, 0.15) is 65.5 Å². The van der Waals surface area contributed by atoms with Crippen molar-refractivity contribution >= 4 is 10.9 Å². The van der Waals surface area contributed by atoms with Crippen LogP contribution >= 0.6 is 0 Å². The molecule has 1 aliphatic heterocycles. The van der Waals surface area contributed by atoms with Crippen molar-refractivity contribution in [1.29, 1.82) is 5.26 Å². The van der Waals surface area contributed by atoms with Crippen LogP contribution in [0.4, 0.5) is 0 Å². The van der Waals surface area contributed by atoms with E-state index in [1.165, 1.54) is 0 Å². The van der Waals surface area contributed by atoms with Gasteiger partial charge in [0.15, 0.2) is 0 Å². The standard InChI is InChI=1S/C23H29N3O.C2H6/c1-5-10-26-11-9-16(3)21(26)14-23(4,15-24)19-8-7-18-12-17(6-2)22(27)25-20(18)13-19;1-2/h7-9,11-13,16,21H,5-6,10,14H2,1-4H3,(H,25,27);1-2H3. The minimum absolute atomic E-state index is 0.0384. The van der Waals surface area contributed by atoms with E-state index in [0.29, 0.717) is 18.4 Å². The molecule has 0 fully saturated rings. The van der Waals surface area contributed by atoms with Crippen molar-refractivity contribution in [2.75, 3.05) is 6.54 Å². The summed E-state index contributed by atoms with van der Waals surface area (Å²) in [6, 6.07) is 10.9. The molecule has 0 saturated heterocycles. The van der Waals surface area contributed by atoms with E-state index in [4.69, 9.17) is 0 Å². The Labute approximate surface area is 175 Å².